The van der Waals surface area contributed by atoms with Crippen LogP contribution in [0.2, 0.25) is 0 Å². The van der Waals surface area contributed by atoms with Gasteiger partial charge in [0.05, 0.1) is 0 Å². The first-order chi connectivity index (χ1) is 8.56. The topological polar surface area (TPSA) is 40.5 Å². The Morgan fingerprint density at radius 3 is 2.67 bits per heavy atom. The van der Waals surface area contributed by atoms with Crippen molar-refractivity contribution in [2.45, 2.75) is 39.3 Å². The van der Waals surface area contributed by atoms with Gasteiger partial charge in [-0.05, 0) is 37.8 Å². The standard InChI is InChI=1S/C15H21NO2/c1-11-3-5-13(6-4-11)10-16-8-7-12(2)9-14(16)15(17)18/h3-6,12,14H,7-10H2,1-2H3,(H,17,18). The van der Waals surface area contributed by atoms with Gasteiger partial charge in [-0.1, -0.05) is 36.8 Å². The van der Waals surface area contributed by atoms with E-state index in [9.17, 15) is 9.90 Å². The Kier molecular flexibility index (Phi) is 4.02. The first-order valence-electron chi connectivity index (χ1n) is 6.58. The van der Waals surface area contributed by atoms with Crippen LogP contribution in [0.3, 0.4) is 0 Å². The lowest BCUT2D eigenvalue weighted by molar-refractivity contribution is -0.145. The van der Waals surface area contributed by atoms with Crippen LogP contribution in [0.1, 0.15) is 30.9 Å². The minimum Gasteiger partial charge on any atom is -0.480 e. The molecule has 0 aromatic heterocycles. The van der Waals surface area contributed by atoms with Gasteiger partial charge in [0.2, 0.25) is 0 Å². The Hall–Kier alpha value is -1.35. The minimum absolute atomic E-state index is 0.324. The SMILES string of the molecule is Cc1ccc(CN2CCC(C)CC2C(=O)O)cc1. The van der Waals surface area contributed by atoms with Crippen molar-refractivity contribution in [2.75, 3.05) is 6.54 Å². The maximum atomic E-state index is 11.3. The van der Waals surface area contributed by atoms with Crippen LogP contribution >= 0.6 is 0 Å². The van der Waals surface area contributed by atoms with Crippen LogP contribution in [0.15, 0.2) is 24.3 Å². The van der Waals surface area contributed by atoms with E-state index in [1.165, 1.54) is 11.1 Å². The summed E-state index contributed by atoms with van der Waals surface area (Å²) in [6, 6.07) is 8.02. The molecule has 1 saturated heterocycles. The second-order valence-electron chi connectivity index (χ2n) is 5.44. The smallest absolute Gasteiger partial charge is 0.320 e. The van der Waals surface area contributed by atoms with Gasteiger partial charge < -0.3 is 5.11 Å². The number of piperidine rings is 1. The zero-order valence-electron chi connectivity index (χ0n) is 11.1. The Labute approximate surface area is 108 Å². The van der Waals surface area contributed by atoms with Crippen molar-refractivity contribution in [2.24, 2.45) is 5.92 Å². The van der Waals surface area contributed by atoms with Crippen LogP contribution < -0.4 is 0 Å². The van der Waals surface area contributed by atoms with Crippen LogP contribution in [0.4, 0.5) is 0 Å². The highest BCUT2D eigenvalue weighted by molar-refractivity contribution is 5.73. The van der Waals surface area contributed by atoms with Gasteiger partial charge in [0, 0.05) is 6.54 Å². The zero-order chi connectivity index (χ0) is 13.1. The van der Waals surface area contributed by atoms with Gasteiger partial charge in [0.1, 0.15) is 6.04 Å². The highest BCUT2D eigenvalue weighted by atomic mass is 16.4. The molecule has 0 amide bonds. The Morgan fingerprint density at radius 2 is 2.06 bits per heavy atom. The van der Waals surface area contributed by atoms with Crippen molar-refractivity contribution >= 4 is 5.97 Å². The fraction of sp³-hybridized carbons (Fsp3) is 0.533. The largest absolute Gasteiger partial charge is 0.480 e. The number of carboxylic acids is 1. The number of aryl methyl sites for hydroxylation is 1. The van der Waals surface area contributed by atoms with Gasteiger partial charge in [-0.25, -0.2) is 0 Å². The van der Waals surface area contributed by atoms with Crippen molar-refractivity contribution in [3.05, 3.63) is 35.4 Å². The summed E-state index contributed by atoms with van der Waals surface area (Å²) in [7, 11) is 0. The number of rotatable bonds is 3. The monoisotopic (exact) mass is 247 g/mol. The molecule has 98 valence electrons. The van der Waals surface area contributed by atoms with Gasteiger partial charge in [-0.3, -0.25) is 9.69 Å². The molecule has 1 heterocycles. The molecule has 1 aliphatic rings. The average molecular weight is 247 g/mol. The molecule has 3 nitrogen and oxygen atoms in total. The van der Waals surface area contributed by atoms with Gasteiger partial charge in [-0.15, -0.1) is 0 Å². The number of nitrogens with zero attached hydrogens (tertiary/aromatic N) is 1. The summed E-state index contributed by atoms with van der Waals surface area (Å²) in [6.45, 7) is 5.82. The first-order valence-corrected chi connectivity index (χ1v) is 6.58. The van der Waals surface area contributed by atoms with E-state index < -0.39 is 5.97 Å². The van der Waals surface area contributed by atoms with Crippen molar-refractivity contribution in [1.29, 1.82) is 0 Å². The number of hydrogen-bond donors (Lipinski definition) is 1. The van der Waals surface area contributed by atoms with E-state index in [-0.39, 0.29) is 6.04 Å². The molecule has 1 fully saturated rings. The van der Waals surface area contributed by atoms with E-state index in [0.29, 0.717) is 5.92 Å². The lowest BCUT2D eigenvalue weighted by Crippen LogP contribution is -2.46. The molecular weight excluding hydrogens is 226 g/mol. The molecule has 0 bridgehead atoms. The van der Waals surface area contributed by atoms with E-state index in [1.807, 2.05) is 0 Å². The van der Waals surface area contributed by atoms with Gasteiger partial charge in [0.15, 0.2) is 0 Å². The first kappa shape index (κ1) is 13.1. The number of carboxylic acid groups (broad SMARTS) is 1. The van der Waals surface area contributed by atoms with Crippen LogP contribution in [0.5, 0.6) is 0 Å². The third-order valence-electron chi connectivity index (χ3n) is 3.77. The average Bonchev–Trinajstić information content (AvgIpc) is 2.34. The van der Waals surface area contributed by atoms with Crippen molar-refractivity contribution in [1.82, 2.24) is 4.90 Å². The maximum absolute atomic E-state index is 11.3. The molecule has 0 saturated carbocycles. The van der Waals surface area contributed by atoms with Crippen molar-refractivity contribution in [3.8, 4) is 0 Å². The van der Waals surface area contributed by atoms with Gasteiger partial charge in [-0.2, -0.15) is 0 Å². The quantitative estimate of drug-likeness (QED) is 0.892. The Bertz CT molecular complexity index is 413. The Balaban J connectivity index is 2.06. The van der Waals surface area contributed by atoms with E-state index in [0.717, 1.165) is 25.9 Å². The molecule has 1 N–H and O–H groups in total. The van der Waals surface area contributed by atoms with Gasteiger partial charge >= 0.3 is 5.97 Å². The predicted molar refractivity (Wildman–Crippen MR) is 71.4 cm³/mol. The number of hydrogen-bond acceptors (Lipinski definition) is 2. The molecule has 1 aromatic rings. The highest BCUT2D eigenvalue weighted by Crippen LogP contribution is 2.24. The summed E-state index contributed by atoms with van der Waals surface area (Å²) in [5.74, 6) is -0.172. The maximum Gasteiger partial charge on any atom is 0.320 e. The van der Waals surface area contributed by atoms with E-state index in [1.54, 1.807) is 0 Å². The second-order valence-corrected chi connectivity index (χ2v) is 5.44. The molecule has 2 rings (SSSR count). The van der Waals surface area contributed by atoms with E-state index in [2.05, 4.69) is 43.0 Å². The third-order valence-corrected chi connectivity index (χ3v) is 3.77. The zero-order valence-corrected chi connectivity index (χ0v) is 11.1. The van der Waals surface area contributed by atoms with Crippen molar-refractivity contribution < 1.29 is 9.90 Å². The summed E-state index contributed by atoms with van der Waals surface area (Å²) in [5.41, 5.74) is 2.43. The van der Waals surface area contributed by atoms with E-state index in [4.69, 9.17) is 0 Å². The van der Waals surface area contributed by atoms with E-state index >= 15 is 0 Å². The molecule has 3 heteroatoms. The fourth-order valence-electron chi connectivity index (χ4n) is 2.56. The molecule has 0 aliphatic carbocycles. The summed E-state index contributed by atoms with van der Waals surface area (Å²) >= 11 is 0. The molecule has 2 unspecified atom stereocenters. The molecule has 0 radical (unpaired) electrons. The van der Waals surface area contributed by atoms with Crippen LogP contribution in [-0.2, 0) is 11.3 Å². The fourth-order valence-corrected chi connectivity index (χ4v) is 2.56. The molecule has 0 spiro atoms. The molecule has 18 heavy (non-hydrogen) atoms. The number of likely N-dealkylation sites (tertiary alicyclic amines) is 1. The Morgan fingerprint density at radius 1 is 1.39 bits per heavy atom. The summed E-state index contributed by atoms with van der Waals surface area (Å²) in [6.07, 6.45) is 1.86. The summed E-state index contributed by atoms with van der Waals surface area (Å²) in [5, 5.41) is 9.31. The third kappa shape index (κ3) is 3.10. The summed E-state index contributed by atoms with van der Waals surface area (Å²) < 4.78 is 0. The van der Waals surface area contributed by atoms with Crippen LogP contribution in [-0.4, -0.2) is 28.6 Å². The van der Waals surface area contributed by atoms with Crippen LogP contribution in [0, 0.1) is 12.8 Å². The van der Waals surface area contributed by atoms with Crippen LogP contribution in [0.25, 0.3) is 0 Å². The lowest BCUT2D eigenvalue weighted by atomic mass is 9.92. The number of benzene rings is 1. The minimum atomic E-state index is -0.686. The molecular formula is C15H21NO2. The molecule has 1 aliphatic heterocycles. The second kappa shape index (κ2) is 5.53. The highest BCUT2D eigenvalue weighted by Gasteiger charge is 2.31. The van der Waals surface area contributed by atoms with Gasteiger partial charge in [0.25, 0.3) is 0 Å². The number of aliphatic carboxylic acids is 1. The summed E-state index contributed by atoms with van der Waals surface area (Å²) in [4.78, 5) is 13.4. The number of carbonyl (C=O) groups is 1. The lowest BCUT2D eigenvalue weighted by Gasteiger charge is -2.36. The predicted octanol–water partition coefficient (Wildman–Crippen LogP) is 2.68. The molecule has 2 atom stereocenters. The van der Waals surface area contributed by atoms with Crippen molar-refractivity contribution in [3.63, 3.8) is 0 Å². The molecule has 1 aromatic carbocycles. The normalized spacial score (nSPS) is 25.0.